The van der Waals surface area contributed by atoms with E-state index in [4.69, 9.17) is 0 Å². The molecule has 0 aromatic carbocycles. The second-order valence-corrected chi connectivity index (χ2v) is 6.24. The average Bonchev–Trinajstić information content (AvgIpc) is 2.75. The zero-order chi connectivity index (χ0) is 14.3. The summed E-state index contributed by atoms with van der Waals surface area (Å²) in [6.45, 7) is 8.06. The molecule has 0 aromatic heterocycles. The van der Waals surface area contributed by atoms with Crippen LogP contribution in [0.1, 0.15) is 52.9 Å². The van der Waals surface area contributed by atoms with Gasteiger partial charge < -0.3 is 10.4 Å². The third-order valence-electron chi connectivity index (χ3n) is 3.88. The Bertz CT molecular complexity index is 269. The molecule has 0 bridgehead atoms. The first-order valence-corrected chi connectivity index (χ1v) is 7.67. The maximum Gasteiger partial charge on any atom is 0.234 e. The number of carbonyl (C=O) groups excluding carboxylic acids is 1. The van der Waals surface area contributed by atoms with Crippen LogP contribution in [0.4, 0.5) is 0 Å². The van der Waals surface area contributed by atoms with Crippen LogP contribution in [-0.4, -0.2) is 47.7 Å². The number of aliphatic hydroxyl groups excluding tert-OH is 1. The lowest BCUT2D eigenvalue weighted by Crippen LogP contribution is -2.43. The van der Waals surface area contributed by atoms with E-state index in [0.29, 0.717) is 6.54 Å². The van der Waals surface area contributed by atoms with Crippen LogP contribution < -0.4 is 5.32 Å². The zero-order valence-corrected chi connectivity index (χ0v) is 12.7. The number of hydrogen-bond acceptors (Lipinski definition) is 3. The minimum Gasteiger partial charge on any atom is -0.395 e. The number of nitrogens with zero attached hydrogens (tertiary/aromatic N) is 1. The summed E-state index contributed by atoms with van der Waals surface area (Å²) in [5.74, 6) is 0.829. The molecule has 1 aliphatic rings. The Morgan fingerprint density at radius 3 is 2.74 bits per heavy atom. The molecule has 1 fully saturated rings. The lowest BCUT2D eigenvalue weighted by molar-refractivity contribution is -0.123. The van der Waals surface area contributed by atoms with Gasteiger partial charge in [0.05, 0.1) is 13.2 Å². The molecular weight excluding hydrogens is 240 g/mol. The predicted octanol–water partition coefficient (Wildman–Crippen LogP) is 1.77. The fourth-order valence-electron chi connectivity index (χ4n) is 2.72. The fraction of sp³-hybridized carbons (Fsp3) is 0.933. The largest absolute Gasteiger partial charge is 0.395 e. The zero-order valence-electron chi connectivity index (χ0n) is 12.7. The molecule has 0 radical (unpaired) electrons. The highest BCUT2D eigenvalue weighted by molar-refractivity contribution is 5.78. The summed E-state index contributed by atoms with van der Waals surface area (Å²) in [4.78, 5) is 14.0. The summed E-state index contributed by atoms with van der Waals surface area (Å²) in [6, 6.07) is 0.434. The van der Waals surface area contributed by atoms with Gasteiger partial charge in [-0.1, -0.05) is 26.7 Å². The van der Waals surface area contributed by atoms with Crippen LogP contribution in [-0.2, 0) is 4.79 Å². The van der Waals surface area contributed by atoms with Crippen molar-refractivity contribution in [3.63, 3.8) is 0 Å². The molecule has 112 valence electrons. The van der Waals surface area contributed by atoms with E-state index in [1.54, 1.807) is 0 Å². The van der Waals surface area contributed by atoms with E-state index >= 15 is 0 Å². The van der Waals surface area contributed by atoms with Gasteiger partial charge >= 0.3 is 0 Å². The van der Waals surface area contributed by atoms with E-state index in [1.165, 1.54) is 12.8 Å². The number of hydrogen-bond donors (Lipinski definition) is 2. The molecule has 1 aliphatic heterocycles. The molecule has 0 aliphatic carbocycles. The van der Waals surface area contributed by atoms with E-state index in [0.717, 1.165) is 31.7 Å². The second kappa shape index (κ2) is 8.54. The van der Waals surface area contributed by atoms with E-state index in [2.05, 4.69) is 31.0 Å². The molecule has 1 amide bonds. The highest BCUT2D eigenvalue weighted by Crippen LogP contribution is 2.15. The van der Waals surface area contributed by atoms with Crippen molar-refractivity contribution in [2.45, 2.75) is 65.0 Å². The molecule has 4 nitrogen and oxygen atoms in total. The Hall–Kier alpha value is -0.610. The Kier molecular flexibility index (Phi) is 7.39. The van der Waals surface area contributed by atoms with Gasteiger partial charge in [0, 0.05) is 12.1 Å². The molecule has 1 rings (SSSR count). The van der Waals surface area contributed by atoms with Crippen LogP contribution in [0.2, 0.25) is 0 Å². The first kappa shape index (κ1) is 16.4. The van der Waals surface area contributed by atoms with Crippen molar-refractivity contribution in [2.75, 3.05) is 19.7 Å². The van der Waals surface area contributed by atoms with E-state index in [-0.39, 0.29) is 24.6 Å². The molecule has 2 atom stereocenters. The minimum atomic E-state index is 0.0948. The smallest absolute Gasteiger partial charge is 0.234 e. The third-order valence-corrected chi connectivity index (χ3v) is 3.88. The molecule has 1 heterocycles. The van der Waals surface area contributed by atoms with Gasteiger partial charge in [-0.25, -0.2) is 0 Å². The normalized spacial score (nSPS) is 21.8. The second-order valence-electron chi connectivity index (χ2n) is 6.24. The first-order valence-electron chi connectivity index (χ1n) is 7.67. The fourth-order valence-corrected chi connectivity index (χ4v) is 2.72. The quantitative estimate of drug-likeness (QED) is 0.707. The molecular formula is C15H30N2O2. The number of nitrogens with one attached hydrogen (secondary N) is 1. The van der Waals surface area contributed by atoms with Crippen LogP contribution in [0.3, 0.4) is 0 Å². The first-order chi connectivity index (χ1) is 9.02. The summed E-state index contributed by atoms with van der Waals surface area (Å²) in [6.07, 6.45) is 5.53. The number of rotatable bonds is 8. The van der Waals surface area contributed by atoms with Gasteiger partial charge in [0.15, 0.2) is 0 Å². The molecule has 0 aromatic rings. The van der Waals surface area contributed by atoms with Crippen LogP contribution in [0.25, 0.3) is 0 Å². The van der Waals surface area contributed by atoms with Gasteiger partial charge in [-0.05, 0) is 38.6 Å². The van der Waals surface area contributed by atoms with E-state index in [9.17, 15) is 9.90 Å². The van der Waals surface area contributed by atoms with Gasteiger partial charge in [0.25, 0.3) is 0 Å². The van der Waals surface area contributed by atoms with E-state index in [1.807, 2.05) is 0 Å². The summed E-state index contributed by atoms with van der Waals surface area (Å²) in [5, 5.41) is 12.3. The maximum absolute atomic E-state index is 11.9. The SMILES string of the molecule is CC(C)CCCC(C)NC(=O)CN1CCCC1CO. The van der Waals surface area contributed by atoms with Crippen LogP contribution in [0, 0.1) is 5.92 Å². The Morgan fingerprint density at radius 1 is 1.37 bits per heavy atom. The highest BCUT2D eigenvalue weighted by Gasteiger charge is 2.25. The van der Waals surface area contributed by atoms with Crippen molar-refractivity contribution in [3.8, 4) is 0 Å². The van der Waals surface area contributed by atoms with Crippen molar-refractivity contribution in [2.24, 2.45) is 5.92 Å². The van der Waals surface area contributed by atoms with Gasteiger partial charge in [-0.15, -0.1) is 0 Å². The summed E-state index contributed by atoms with van der Waals surface area (Å²) in [7, 11) is 0. The molecule has 4 heteroatoms. The number of carbonyl (C=O) groups is 1. The topological polar surface area (TPSA) is 52.6 Å². The molecule has 19 heavy (non-hydrogen) atoms. The highest BCUT2D eigenvalue weighted by atomic mass is 16.3. The molecule has 2 unspecified atom stereocenters. The summed E-state index contributed by atoms with van der Waals surface area (Å²) >= 11 is 0. The molecule has 0 saturated carbocycles. The van der Waals surface area contributed by atoms with Crippen LogP contribution in [0.15, 0.2) is 0 Å². The number of likely N-dealkylation sites (tertiary alicyclic amines) is 1. The van der Waals surface area contributed by atoms with Gasteiger partial charge in [-0.3, -0.25) is 9.69 Å². The number of amides is 1. The predicted molar refractivity (Wildman–Crippen MR) is 78.0 cm³/mol. The number of aliphatic hydroxyl groups is 1. The van der Waals surface area contributed by atoms with Crippen molar-refractivity contribution in [1.29, 1.82) is 0 Å². The summed E-state index contributed by atoms with van der Waals surface area (Å²) < 4.78 is 0. The van der Waals surface area contributed by atoms with Crippen molar-refractivity contribution < 1.29 is 9.90 Å². The monoisotopic (exact) mass is 270 g/mol. The van der Waals surface area contributed by atoms with Crippen molar-refractivity contribution >= 4 is 5.91 Å². The van der Waals surface area contributed by atoms with Gasteiger partial charge in [-0.2, -0.15) is 0 Å². The molecule has 1 saturated heterocycles. The third kappa shape index (κ3) is 6.39. The maximum atomic E-state index is 11.9. The Morgan fingerprint density at radius 2 is 2.11 bits per heavy atom. The van der Waals surface area contributed by atoms with Gasteiger partial charge in [0.2, 0.25) is 5.91 Å². The van der Waals surface area contributed by atoms with Crippen LogP contribution >= 0.6 is 0 Å². The lowest BCUT2D eigenvalue weighted by atomic mass is 10.0. The van der Waals surface area contributed by atoms with E-state index < -0.39 is 0 Å². The van der Waals surface area contributed by atoms with Crippen molar-refractivity contribution in [3.05, 3.63) is 0 Å². The van der Waals surface area contributed by atoms with Crippen LogP contribution in [0.5, 0.6) is 0 Å². The minimum absolute atomic E-state index is 0.0948. The van der Waals surface area contributed by atoms with Gasteiger partial charge in [0.1, 0.15) is 0 Å². The lowest BCUT2D eigenvalue weighted by Gasteiger charge is -2.23. The summed E-state index contributed by atoms with van der Waals surface area (Å²) in [5.41, 5.74) is 0. The molecule has 0 spiro atoms. The Balaban J connectivity index is 2.19. The van der Waals surface area contributed by atoms with Crippen molar-refractivity contribution in [1.82, 2.24) is 10.2 Å². The average molecular weight is 270 g/mol. The standard InChI is InChI=1S/C15H30N2O2/c1-12(2)6-4-7-13(3)16-15(19)10-17-9-5-8-14(17)11-18/h12-14,18H,4-11H2,1-3H3,(H,16,19). The Labute approximate surface area is 117 Å². The molecule has 2 N–H and O–H groups in total.